The summed E-state index contributed by atoms with van der Waals surface area (Å²) in [6.45, 7) is 1.88. The number of para-hydroxylation sites is 1. The second-order valence-corrected chi connectivity index (χ2v) is 3.54. The topological polar surface area (TPSA) is 56.0 Å². The first-order chi connectivity index (χ1) is 6.83. The van der Waals surface area contributed by atoms with Gasteiger partial charge in [0.05, 0.1) is 5.56 Å². The third kappa shape index (κ3) is 1.45. The van der Waals surface area contributed by atoms with Crippen molar-refractivity contribution in [1.82, 2.24) is 5.32 Å². The zero-order valence-corrected chi connectivity index (χ0v) is 7.83. The van der Waals surface area contributed by atoms with Crippen molar-refractivity contribution in [2.75, 3.05) is 13.1 Å². The van der Waals surface area contributed by atoms with Crippen molar-refractivity contribution in [2.45, 2.75) is 12.3 Å². The van der Waals surface area contributed by atoms with E-state index in [1.807, 2.05) is 18.2 Å². The molecule has 14 heavy (non-hydrogen) atoms. The Kier molecular flexibility index (Phi) is 2.38. The third-order valence-electron chi connectivity index (χ3n) is 2.69. The molecule has 1 saturated heterocycles. The number of hydrogen-bond acceptors (Lipinski definition) is 3. The molecule has 2 rings (SSSR count). The first kappa shape index (κ1) is 9.04. The van der Waals surface area contributed by atoms with E-state index >= 15 is 0 Å². The molecular formula is C11H12N2O. The fourth-order valence-corrected chi connectivity index (χ4v) is 1.90. The Bertz CT molecular complexity index is 375. The predicted molar refractivity (Wildman–Crippen MR) is 53.0 cm³/mol. The molecule has 0 spiro atoms. The number of benzene rings is 1. The lowest BCUT2D eigenvalue weighted by Crippen LogP contribution is -2.08. The molecule has 0 radical (unpaired) electrons. The highest BCUT2D eigenvalue weighted by atomic mass is 16.3. The normalized spacial score (nSPS) is 20.6. The lowest BCUT2D eigenvalue weighted by atomic mass is 9.95. The summed E-state index contributed by atoms with van der Waals surface area (Å²) < 4.78 is 0. The molecule has 2 N–H and O–H groups in total. The fraction of sp³-hybridized carbons (Fsp3) is 0.364. The van der Waals surface area contributed by atoms with Crippen LogP contribution in [0.25, 0.3) is 0 Å². The monoisotopic (exact) mass is 188 g/mol. The number of nitrogens with one attached hydrogen (secondary N) is 1. The minimum absolute atomic E-state index is 0.156. The standard InChI is InChI=1S/C11H12N2O/c12-6-8-2-1-3-10(11(8)14)9-4-5-13-7-9/h1-3,9,13-14H,4-5,7H2/t9-/m0/s1. The maximum Gasteiger partial charge on any atom is 0.136 e. The number of nitriles is 1. The highest BCUT2D eigenvalue weighted by Crippen LogP contribution is 2.31. The van der Waals surface area contributed by atoms with Crippen molar-refractivity contribution in [1.29, 1.82) is 5.26 Å². The largest absolute Gasteiger partial charge is 0.506 e. The molecule has 3 heteroatoms. The summed E-state index contributed by atoms with van der Waals surface area (Å²) in [6, 6.07) is 7.35. The Morgan fingerprint density at radius 1 is 1.50 bits per heavy atom. The van der Waals surface area contributed by atoms with Crippen LogP contribution in [-0.2, 0) is 0 Å². The van der Waals surface area contributed by atoms with Gasteiger partial charge < -0.3 is 10.4 Å². The van der Waals surface area contributed by atoms with Gasteiger partial charge in [0.25, 0.3) is 0 Å². The van der Waals surface area contributed by atoms with E-state index in [0.29, 0.717) is 11.5 Å². The van der Waals surface area contributed by atoms with Crippen LogP contribution in [0.1, 0.15) is 23.5 Å². The van der Waals surface area contributed by atoms with Crippen molar-refractivity contribution < 1.29 is 5.11 Å². The molecule has 0 bridgehead atoms. The van der Waals surface area contributed by atoms with Crippen LogP contribution in [-0.4, -0.2) is 18.2 Å². The summed E-state index contributed by atoms with van der Waals surface area (Å²) in [5.74, 6) is 0.506. The van der Waals surface area contributed by atoms with Gasteiger partial charge in [0.15, 0.2) is 0 Å². The molecular weight excluding hydrogens is 176 g/mol. The SMILES string of the molecule is N#Cc1cccc([C@H]2CCNC2)c1O. The van der Waals surface area contributed by atoms with Gasteiger partial charge in [0, 0.05) is 12.5 Å². The van der Waals surface area contributed by atoms with Gasteiger partial charge in [-0.1, -0.05) is 12.1 Å². The molecule has 0 aliphatic carbocycles. The third-order valence-corrected chi connectivity index (χ3v) is 2.69. The Balaban J connectivity index is 2.38. The summed E-state index contributed by atoms with van der Waals surface area (Å²) in [7, 11) is 0. The maximum absolute atomic E-state index is 9.80. The molecule has 72 valence electrons. The van der Waals surface area contributed by atoms with Gasteiger partial charge in [0.1, 0.15) is 11.8 Å². The average Bonchev–Trinajstić information content (AvgIpc) is 2.71. The molecule has 3 nitrogen and oxygen atoms in total. The Morgan fingerprint density at radius 2 is 2.36 bits per heavy atom. The number of hydrogen-bond donors (Lipinski definition) is 2. The predicted octanol–water partition coefficient (Wildman–Crippen LogP) is 1.34. The van der Waals surface area contributed by atoms with Crippen molar-refractivity contribution in [3.63, 3.8) is 0 Å². The van der Waals surface area contributed by atoms with E-state index in [4.69, 9.17) is 5.26 Å². The summed E-state index contributed by atoms with van der Waals surface area (Å²) in [4.78, 5) is 0. The van der Waals surface area contributed by atoms with Gasteiger partial charge >= 0.3 is 0 Å². The molecule has 0 aromatic heterocycles. The van der Waals surface area contributed by atoms with Crippen LogP contribution >= 0.6 is 0 Å². The molecule has 1 aliphatic heterocycles. The first-order valence-corrected chi connectivity index (χ1v) is 4.75. The highest BCUT2D eigenvalue weighted by Gasteiger charge is 2.20. The van der Waals surface area contributed by atoms with Crippen molar-refractivity contribution in [3.05, 3.63) is 29.3 Å². The van der Waals surface area contributed by atoms with E-state index in [2.05, 4.69) is 5.32 Å². The molecule has 1 atom stereocenters. The average molecular weight is 188 g/mol. The van der Waals surface area contributed by atoms with Gasteiger partial charge in [-0.3, -0.25) is 0 Å². The number of nitrogens with zero attached hydrogens (tertiary/aromatic N) is 1. The lowest BCUT2D eigenvalue weighted by molar-refractivity contribution is 0.461. The second-order valence-electron chi connectivity index (χ2n) is 3.54. The highest BCUT2D eigenvalue weighted by molar-refractivity contribution is 5.49. The molecule has 1 aromatic rings. The Morgan fingerprint density at radius 3 is 3.00 bits per heavy atom. The Labute approximate surface area is 83.0 Å². The van der Waals surface area contributed by atoms with Gasteiger partial charge in [-0.25, -0.2) is 0 Å². The van der Waals surface area contributed by atoms with Gasteiger partial charge in [-0.05, 0) is 24.6 Å². The van der Waals surface area contributed by atoms with Crippen molar-refractivity contribution in [3.8, 4) is 11.8 Å². The van der Waals surface area contributed by atoms with Gasteiger partial charge in [0.2, 0.25) is 0 Å². The van der Waals surface area contributed by atoms with Crippen molar-refractivity contribution >= 4 is 0 Å². The molecule has 0 unspecified atom stereocenters. The lowest BCUT2D eigenvalue weighted by Gasteiger charge is -2.11. The van der Waals surface area contributed by atoms with E-state index in [0.717, 1.165) is 25.1 Å². The number of aromatic hydroxyl groups is 1. The number of phenolic OH excluding ortho intramolecular Hbond substituents is 1. The summed E-state index contributed by atoms with van der Waals surface area (Å²) in [5.41, 5.74) is 1.27. The van der Waals surface area contributed by atoms with Gasteiger partial charge in [-0.2, -0.15) is 5.26 Å². The zero-order chi connectivity index (χ0) is 9.97. The number of phenols is 1. The summed E-state index contributed by atoms with van der Waals surface area (Å²) in [5, 5.41) is 21.8. The first-order valence-electron chi connectivity index (χ1n) is 4.75. The smallest absolute Gasteiger partial charge is 0.136 e. The van der Waals surface area contributed by atoms with E-state index in [1.54, 1.807) is 6.07 Å². The maximum atomic E-state index is 9.80. The minimum Gasteiger partial charge on any atom is -0.506 e. The van der Waals surface area contributed by atoms with Crippen LogP contribution in [0.5, 0.6) is 5.75 Å². The number of rotatable bonds is 1. The zero-order valence-electron chi connectivity index (χ0n) is 7.83. The van der Waals surface area contributed by atoms with Crippen LogP contribution < -0.4 is 5.32 Å². The second kappa shape index (κ2) is 3.69. The summed E-state index contributed by atoms with van der Waals surface area (Å²) in [6.07, 6.45) is 1.03. The van der Waals surface area contributed by atoms with Crippen LogP contribution in [0.2, 0.25) is 0 Å². The quantitative estimate of drug-likeness (QED) is 0.699. The molecule has 1 aromatic carbocycles. The van der Waals surface area contributed by atoms with Crippen LogP contribution in [0, 0.1) is 11.3 Å². The molecule has 1 aliphatic rings. The minimum atomic E-state index is 0.156. The van der Waals surface area contributed by atoms with E-state index in [-0.39, 0.29) is 5.75 Å². The summed E-state index contributed by atoms with van der Waals surface area (Å²) >= 11 is 0. The van der Waals surface area contributed by atoms with Crippen LogP contribution in [0.3, 0.4) is 0 Å². The Hall–Kier alpha value is -1.53. The van der Waals surface area contributed by atoms with E-state index in [1.165, 1.54) is 0 Å². The molecule has 0 saturated carbocycles. The molecule has 1 fully saturated rings. The molecule has 1 heterocycles. The van der Waals surface area contributed by atoms with Crippen molar-refractivity contribution in [2.24, 2.45) is 0 Å². The van der Waals surface area contributed by atoms with E-state index < -0.39 is 0 Å². The van der Waals surface area contributed by atoms with Crippen LogP contribution in [0.4, 0.5) is 0 Å². The van der Waals surface area contributed by atoms with E-state index in [9.17, 15) is 5.11 Å². The fourth-order valence-electron chi connectivity index (χ4n) is 1.90. The van der Waals surface area contributed by atoms with Crippen LogP contribution in [0.15, 0.2) is 18.2 Å². The van der Waals surface area contributed by atoms with Gasteiger partial charge in [-0.15, -0.1) is 0 Å². The molecule has 0 amide bonds.